The third kappa shape index (κ3) is 1.38. The molecule has 1 aliphatic carbocycles. The number of rotatable bonds is 0. The third-order valence-electron chi connectivity index (χ3n) is 3.01. The van der Waals surface area contributed by atoms with Gasteiger partial charge in [-0.05, 0) is 0 Å². The van der Waals surface area contributed by atoms with Crippen LogP contribution in [0.2, 0.25) is 0 Å². The van der Waals surface area contributed by atoms with Crippen molar-refractivity contribution in [2.75, 3.05) is 0 Å². The first kappa shape index (κ1) is 8.77. The summed E-state index contributed by atoms with van der Waals surface area (Å²) >= 11 is 1.74. The second kappa shape index (κ2) is 2.85. The van der Waals surface area contributed by atoms with Gasteiger partial charge in [0.1, 0.15) is 0 Å². The van der Waals surface area contributed by atoms with E-state index < -0.39 is 0 Å². The SMILES string of the molecule is NC1CC[C@@]2([AlH2])[I-][C@@H](C1)[C@H]2N. The predicted molar refractivity (Wildman–Crippen MR) is 44.9 cm³/mol. The second-order valence-electron chi connectivity index (χ2n) is 3.96. The van der Waals surface area contributed by atoms with E-state index >= 15 is 0 Å². The van der Waals surface area contributed by atoms with E-state index in [4.69, 9.17) is 11.5 Å². The van der Waals surface area contributed by atoms with E-state index in [1.54, 1.807) is 0 Å². The minimum absolute atomic E-state index is 0.427. The van der Waals surface area contributed by atoms with Crippen LogP contribution in [0.3, 0.4) is 0 Å². The number of hydrogen-bond donors (Lipinski definition) is 2. The normalized spacial score (nSPS) is 57.1. The van der Waals surface area contributed by atoms with E-state index in [1.165, 1.54) is 35.6 Å². The maximum atomic E-state index is 6.13. The molecular weight excluding hydrogens is 266 g/mol. The van der Waals surface area contributed by atoms with Crippen molar-refractivity contribution in [2.24, 2.45) is 11.5 Å². The summed E-state index contributed by atoms with van der Waals surface area (Å²) in [6, 6.07) is 1.03. The molecule has 0 radical (unpaired) electrons. The maximum absolute atomic E-state index is 6.13. The monoisotopic (exact) mass is 281 g/mol. The fraction of sp³-hybridized carbons (Fsp3) is 1.00. The van der Waals surface area contributed by atoms with Crippen molar-refractivity contribution in [2.45, 2.75) is 37.6 Å². The van der Waals surface area contributed by atoms with E-state index in [9.17, 15) is 0 Å². The Kier molecular flexibility index (Phi) is 2.27. The van der Waals surface area contributed by atoms with Crippen LogP contribution in [0, 0.1) is 0 Å². The summed E-state index contributed by atoms with van der Waals surface area (Å²) in [5, 5.41) is 0. The molecule has 2 aliphatic heterocycles. The van der Waals surface area contributed by atoms with Gasteiger partial charge in [-0.2, -0.15) is 0 Å². The summed E-state index contributed by atoms with van der Waals surface area (Å²) in [6.45, 7) is 0. The van der Waals surface area contributed by atoms with Gasteiger partial charge < -0.3 is 0 Å². The van der Waals surface area contributed by atoms with Gasteiger partial charge in [0.2, 0.25) is 0 Å². The Morgan fingerprint density at radius 2 is 2.18 bits per heavy atom. The fourth-order valence-corrected chi connectivity index (χ4v) is 10.1. The zero-order valence-electron chi connectivity index (χ0n) is 6.89. The van der Waals surface area contributed by atoms with Crippen molar-refractivity contribution in [1.82, 2.24) is 0 Å². The molecule has 0 aromatic rings. The molecule has 0 aromatic heterocycles. The molecule has 4 heteroatoms. The molecule has 4 atom stereocenters. The van der Waals surface area contributed by atoms with Gasteiger partial charge >= 0.3 is 86.5 Å². The Hall–Kier alpha value is 1.18. The molecule has 11 heavy (non-hydrogen) atoms. The van der Waals surface area contributed by atoms with E-state index in [2.05, 4.69) is 0 Å². The van der Waals surface area contributed by atoms with Crippen molar-refractivity contribution in [1.29, 1.82) is 0 Å². The van der Waals surface area contributed by atoms with Crippen LogP contribution in [-0.2, 0) is 0 Å². The zero-order chi connectivity index (χ0) is 8.06. The predicted octanol–water partition coefficient (Wildman–Crippen LogP) is -4.37. The molecule has 2 bridgehead atoms. The fourth-order valence-electron chi connectivity index (χ4n) is 2.06. The van der Waals surface area contributed by atoms with Gasteiger partial charge in [-0.25, -0.2) is 0 Å². The van der Waals surface area contributed by atoms with Crippen LogP contribution in [0.1, 0.15) is 19.3 Å². The molecule has 2 nitrogen and oxygen atoms in total. The first-order chi connectivity index (χ1) is 5.12. The molecule has 1 saturated carbocycles. The Morgan fingerprint density at radius 3 is 2.82 bits per heavy atom. The molecule has 0 aromatic carbocycles. The average Bonchev–Trinajstić information content (AvgIpc) is 2.17. The van der Waals surface area contributed by atoms with E-state index in [1.807, 2.05) is 0 Å². The zero-order valence-corrected chi connectivity index (χ0v) is 11.0. The Bertz CT molecular complexity index is 176. The molecule has 3 rings (SSSR count). The van der Waals surface area contributed by atoms with E-state index in [-0.39, 0.29) is 0 Å². The molecule has 0 amide bonds. The van der Waals surface area contributed by atoms with Gasteiger partial charge in [0, 0.05) is 0 Å². The van der Waals surface area contributed by atoms with Crippen LogP contribution >= 0.6 is 0 Å². The van der Waals surface area contributed by atoms with Crippen LogP contribution in [0.15, 0.2) is 0 Å². The van der Waals surface area contributed by atoms with Crippen LogP contribution in [-0.4, -0.2) is 34.6 Å². The van der Waals surface area contributed by atoms with Gasteiger partial charge in [-0.3, -0.25) is 0 Å². The van der Waals surface area contributed by atoms with Crippen molar-refractivity contribution < 1.29 is 21.2 Å². The van der Waals surface area contributed by atoms with Crippen LogP contribution in [0.25, 0.3) is 0 Å². The molecule has 4 N–H and O–H groups in total. The summed E-state index contributed by atoms with van der Waals surface area (Å²) < 4.78 is 1.57. The third-order valence-corrected chi connectivity index (χ3v) is 10.4. The Morgan fingerprint density at radius 1 is 1.45 bits per heavy atom. The van der Waals surface area contributed by atoms with Crippen LogP contribution in [0.5, 0.6) is 0 Å². The summed E-state index contributed by atoms with van der Waals surface area (Å²) in [5.41, 5.74) is 12.1. The standard InChI is InChI=1S/C7H13IN2.Al.2H/c9-4-1-2-5-7(10)6(3-4)8-5;;;/h4,6-7H,1-3,9-10H2;;;/q-1;;;/t4?,6-,7-;;;/m0.../s1. The van der Waals surface area contributed by atoms with Crippen LogP contribution < -0.4 is 32.7 Å². The van der Waals surface area contributed by atoms with Crippen molar-refractivity contribution >= 4 is 16.3 Å². The quantitative estimate of drug-likeness (QED) is 0.268. The van der Waals surface area contributed by atoms with E-state index in [0.717, 1.165) is 3.92 Å². The Labute approximate surface area is 86.1 Å². The van der Waals surface area contributed by atoms with Gasteiger partial charge in [0.05, 0.1) is 0 Å². The number of fused-ring (bicyclic) bond motifs is 3. The average molecular weight is 281 g/mol. The molecular formula is C7H15AlIN2-. The van der Waals surface area contributed by atoms with Crippen molar-refractivity contribution in [3.63, 3.8) is 0 Å². The minimum atomic E-state index is 0.427. The molecule has 0 spiro atoms. The van der Waals surface area contributed by atoms with Gasteiger partial charge in [-0.1, -0.05) is 0 Å². The summed E-state index contributed by atoms with van der Waals surface area (Å²) in [5.74, 6) is 0. The molecule has 1 unspecified atom stereocenters. The van der Waals surface area contributed by atoms with Gasteiger partial charge in [-0.15, -0.1) is 0 Å². The van der Waals surface area contributed by atoms with Crippen molar-refractivity contribution in [3.05, 3.63) is 0 Å². The molecule has 3 fully saturated rings. The number of nitrogens with two attached hydrogens (primary N) is 2. The van der Waals surface area contributed by atoms with Gasteiger partial charge in [0.25, 0.3) is 0 Å². The first-order valence-corrected chi connectivity index (χ1v) is 7.60. The van der Waals surface area contributed by atoms with E-state index in [0.29, 0.717) is 35.6 Å². The summed E-state index contributed by atoms with van der Waals surface area (Å²) in [6.07, 6.45) is 3.83. The summed E-state index contributed by atoms with van der Waals surface area (Å²) in [4.78, 5) is 0. The molecule has 64 valence electrons. The molecule has 2 heterocycles. The first-order valence-electron chi connectivity index (χ1n) is 4.27. The van der Waals surface area contributed by atoms with Gasteiger partial charge in [0.15, 0.2) is 0 Å². The van der Waals surface area contributed by atoms with Crippen molar-refractivity contribution in [3.8, 4) is 0 Å². The molecule has 2 saturated heterocycles. The topological polar surface area (TPSA) is 52.0 Å². The number of halogens is 1. The Balaban J connectivity index is 2.11. The summed E-state index contributed by atoms with van der Waals surface area (Å²) in [7, 11) is 0. The number of hydrogen-bond acceptors (Lipinski definition) is 2. The van der Waals surface area contributed by atoms with Crippen LogP contribution in [0.4, 0.5) is 0 Å². The molecule has 3 aliphatic rings. The number of alkyl halides is 2. The second-order valence-corrected chi connectivity index (χ2v) is 12.5.